The van der Waals surface area contributed by atoms with Crippen LogP contribution in [0.4, 0.5) is 4.79 Å². The number of hydrogen-bond donors (Lipinski definition) is 3. The molecule has 198 valence electrons. The summed E-state index contributed by atoms with van der Waals surface area (Å²) in [6.45, 7) is 9.64. The number of aromatic amines is 1. The fraction of sp³-hybridized carbons (Fsp3) is 0.522. The number of piperidine rings is 1. The Morgan fingerprint density at radius 1 is 1.08 bits per heavy atom. The molecule has 0 aliphatic carbocycles. The Bertz CT molecular complexity index is 1360. The number of hydrazine groups is 1. The molecule has 1 fully saturated rings. The van der Waals surface area contributed by atoms with Gasteiger partial charge in [-0.1, -0.05) is 0 Å². The van der Waals surface area contributed by atoms with Crippen LogP contribution in [0.2, 0.25) is 0 Å². The van der Waals surface area contributed by atoms with Gasteiger partial charge >= 0.3 is 6.09 Å². The van der Waals surface area contributed by atoms with Crippen molar-refractivity contribution in [3.8, 4) is 0 Å². The van der Waals surface area contributed by atoms with E-state index in [1.165, 1.54) is 34.1 Å². The van der Waals surface area contributed by atoms with Gasteiger partial charge < -0.3 is 14.6 Å². The predicted molar refractivity (Wildman–Crippen MR) is 131 cm³/mol. The van der Waals surface area contributed by atoms with Gasteiger partial charge in [0.25, 0.3) is 17.4 Å². The first-order valence-electron chi connectivity index (χ1n) is 11.9. The topological polar surface area (TPSA) is 169 Å². The highest BCUT2D eigenvalue weighted by molar-refractivity contribution is 6.00. The minimum Gasteiger partial charge on any atom is -0.444 e. The molecule has 3 aromatic rings. The second-order valence-corrected chi connectivity index (χ2v) is 10.4. The highest BCUT2D eigenvalue weighted by atomic mass is 16.6. The summed E-state index contributed by atoms with van der Waals surface area (Å²) in [7, 11) is 0. The molecule has 37 heavy (non-hydrogen) atoms. The summed E-state index contributed by atoms with van der Waals surface area (Å²) in [5.41, 5.74) is 3.61. The van der Waals surface area contributed by atoms with Crippen LogP contribution in [-0.4, -0.2) is 70.9 Å². The molecule has 3 amide bonds. The van der Waals surface area contributed by atoms with E-state index >= 15 is 0 Å². The highest BCUT2D eigenvalue weighted by Gasteiger charge is 2.32. The third-order valence-electron chi connectivity index (χ3n) is 6.18. The molecule has 3 aromatic heterocycles. The van der Waals surface area contributed by atoms with Crippen LogP contribution in [0.15, 0.2) is 29.7 Å². The molecule has 0 radical (unpaired) electrons. The molecule has 0 spiro atoms. The van der Waals surface area contributed by atoms with Crippen molar-refractivity contribution in [2.75, 3.05) is 13.1 Å². The van der Waals surface area contributed by atoms with E-state index < -0.39 is 23.0 Å². The molecular weight excluding hydrogens is 482 g/mol. The van der Waals surface area contributed by atoms with E-state index in [1.807, 2.05) is 20.8 Å². The third-order valence-corrected chi connectivity index (χ3v) is 6.18. The van der Waals surface area contributed by atoms with Crippen molar-refractivity contribution in [3.05, 3.63) is 46.5 Å². The van der Waals surface area contributed by atoms with E-state index in [2.05, 4.69) is 31.0 Å². The average molecular weight is 514 g/mol. The first-order valence-corrected chi connectivity index (χ1v) is 11.9. The van der Waals surface area contributed by atoms with Gasteiger partial charge in [-0.05, 0) is 47.5 Å². The molecule has 14 nitrogen and oxygen atoms in total. The predicted octanol–water partition coefficient (Wildman–Crippen LogP) is 0.925. The van der Waals surface area contributed by atoms with Crippen LogP contribution < -0.4 is 16.4 Å². The van der Waals surface area contributed by atoms with Crippen molar-refractivity contribution < 1.29 is 19.1 Å². The van der Waals surface area contributed by atoms with E-state index in [0.29, 0.717) is 31.6 Å². The lowest BCUT2D eigenvalue weighted by Gasteiger charge is -2.33. The number of ether oxygens (including phenoxy) is 1. The summed E-state index contributed by atoms with van der Waals surface area (Å²) in [4.78, 5) is 58.5. The van der Waals surface area contributed by atoms with Gasteiger partial charge in [-0.3, -0.25) is 25.2 Å². The molecule has 0 aromatic carbocycles. The Hall–Kier alpha value is -4.23. The van der Waals surface area contributed by atoms with Gasteiger partial charge in [0.05, 0.1) is 11.9 Å². The fourth-order valence-corrected chi connectivity index (χ4v) is 4.09. The Kier molecular flexibility index (Phi) is 6.76. The molecule has 14 heteroatoms. The minimum atomic E-state index is -1.11. The monoisotopic (exact) mass is 513 g/mol. The standard InChI is InChI=1S/C23H31N9O5/c1-22(2,3)37-21(36)30-8-6-14(7-9-30)16-10-17(33)27-18-15(11-25-32(16)18)19(34)28-29-20(35)23(4,5)31-13-24-12-26-31/h10-14H,6-9H2,1-5H3,(H,27,33)(H,28,34)(H,29,35). The lowest BCUT2D eigenvalue weighted by atomic mass is 9.93. The molecule has 0 unspecified atom stereocenters. The van der Waals surface area contributed by atoms with E-state index in [0.717, 1.165) is 0 Å². The van der Waals surface area contributed by atoms with Crippen molar-refractivity contribution in [1.29, 1.82) is 0 Å². The van der Waals surface area contributed by atoms with Crippen molar-refractivity contribution in [2.45, 2.75) is 64.5 Å². The zero-order valence-corrected chi connectivity index (χ0v) is 21.4. The van der Waals surface area contributed by atoms with Gasteiger partial charge in [-0.15, -0.1) is 0 Å². The van der Waals surface area contributed by atoms with Crippen LogP contribution in [0.5, 0.6) is 0 Å². The van der Waals surface area contributed by atoms with Gasteiger partial charge in [0.1, 0.15) is 35.0 Å². The number of rotatable bonds is 4. The smallest absolute Gasteiger partial charge is 0.410 e. The van der Waals surface area contributed by atoms with Gasteiger partial charge in [0.2, 0.25) is 0 Å². The molecule has 4 heterocycles. The van der Waals surface area contributed by atoms with Crippen LogP contribution >= 0.6 is 0 Å². The van der Waals surface area contributed by atoms with Gasteiger partial charge in [-0.2, -0.15) is 10.2 Å². The number of amides is 3. The maximum atomic E-state index is 12.9. The quantitative estimate of drug-likeness (QED) is 0.433. The van der Waals surface area contributed by atoms with Crippen molar-refractivity contribution in [2.24, 2.45) is 0 Å². The summed E-state index contributed by atoms with van der Waals surface area (Å²) in [5.74, 6) is -1.22. The van der Waals surface area contributed by atoms with Crippen molar-refractivity contribution >= 4 is 23.6 Å². The first kappa shape index (κ1) is 25.9. The second kappa shape index (κ2) is 9.67. The minimum absolute atomic E-state index is 0.0533. The normalized spacial score (nSPS) is 15.0. The van der Waals surface area contributed by atoms with Gasteiger partial charge in [0.15, 0.2) is 0 Å². The number of aromatic nitrogens is 6. The first-order chi connectivity index (χ1) is 17.4. The number of carbonyl (C=O) groups is 3. The van der Waals surface area contributed by atoms with Crippen LogP contribution in [0.3, 0.4) is 0 Å². The zero-order valence-electron chi connectivity index (χ0n) is 21.4. The van der Waals surface area contributed by atoms with E-state index in [1.54, 1.807) is 18.7 Å². The Morgan fingerprint density at radius 3 is 2.41 bits per heavy atom. The van der Waals surface area contributed by atoms with Crippen LogP contribution in [0, 0.1) is 0 Å². The number of nitrogens with zero attached hydrogens (tertiary/aromatic N) is 6. The molecule has 0 atom stereocenters. The maximum Gasteiger partial charge on any atom is 0.410 e. The molecule has 1 saturated heterocycles. The lowest BCUT2D eigenvalue weighted by Crippen LogP contribution is -2.51. The largest absolute Gasteiger partial charge is 0.444 e. The summed E-state index contributed by atoms with van der Waals surface area (Å²) in [6.07, 6.45) is 4.88. The van der Waals surface area contributed by atoms with E-state index in [-0.39, 0.29) is 28.8 Å². The molecular formula is C23H31N9O5. The summed E-state index contributed by atoms with van der Waals surface area (Å²) >= 11 is 0. The number of hydrogen-bond acceptors (Lipinski definition) is 8. The second-order valence-electron chi connectivity index (χ2n) is 10.4. The molecule has 0 bridgehead atoms. The van der Waals surface area contributed by atoms with E-state index in [9.17, 15) is 19.2 Å². The van der Waals surface area contributed by atoms with Gasteiger partial charge in [0, 0.05) is 25.1 Å². The van der Waals surface area contributed by atoms with Crippen molar-refractivity contribution in [3.63, 3.8) is 0 Å². The van der Waals surface area contributed by atoms with Crippen LogP contribution in [-0.2, 0) is 15.1 Å². The molecule has 4 rings (SSSR count). The molecule has 0 saturated carbocycles. The molecule has 1 aliphatic rings. The fourth-order valence-electron chi connectivity index (χ4n) is 4.09. The van der Waals surface area contributed by atoms with Gasteiger partial charge in [-0.25, -0.2) is 19.0 Å². The Balaban J connectivity index is 1.47. The Labute approximate surface area is 212 Å². The third kappa shape index (κ3) is 5.47. The van der Waals surface area contributed by atoms with Crippen LogP contribution in [0.1, 0.15) is 69.4 Å². The SMILES string of the molecule is CC(C)(C)OC(=O)N1CCC(c2cc(=O)[nH]c3c(C(=O)NNC(=O)C(C)(C)n4cncn4)cnn23)CC1. The number of fused-ring (bicyclic) bond motifs is 1. The average Bonchev–Trinajstić information content (AvgIpc) is 3.51. The lowest BCUT2D eigenvalue weighted by molar-refractivity contribution is -0.129. The summed E-state index contributed by atoms with van der Waals surface area (Å²) < 4.78 is 8.33. The van der Waals surface area contributed by atoms with Crippen molar-refractivity contribution in [1.82, 2.24) is 45.1 Å². The number of H-pyrrole nitrogens is 1. The highest BCUT2D eigenvalue weighted by Crippen LogP contribution is 2.28. The number of carbonyl (C=O) groups excluding carboxylic acids is 3. The maximum absolute atomic E-state index is 12.9. The summed E-state index contributed by atoms with van der Waals surface area (Å²) in [6, 6.07) is 1.46. The van der Waals surface area contributed by atoms with E-state index in [4.69, 9.17) is 4.74 Å². The Morgan fingerprint density at radius 2 is 1.78 bits per heavy atom. The summed E-state index contributed by atoms with van der Waals surface area (Å²) in [5, 5.41) is 8.29. The molecule has 1 aliphatic heterocycles. The number of nitrogens with one attached hydrogen (secondary N) is 3. The number of likely N-dealkylation sites (tertiary alicyclic amines) is 1. The zero-order chi connectivity index (χ0) is 27.0. The van der Waals surface area contributed by atoms with Crippen LogP contribution in [0.25, 0.3) is 5.65 Å². The molecule has 3 N–H and O–H groups in total.